The van der Waals surface area contributed by atoms with Crippen molar-refractivity contribution in [1.82, 2.24) is 9.97 Å². The Morgan fingerprint density at radius 2 is 1.37 bits per heavy atom. The van der Waals surface area contributed by atoms with E-state index in [2.05, 4.69) is 24.5 Å². The summed E-state index contributed by atoms with van der Waals surface area (Å²) in [6.07, 6.45) is 0. The molecule has 0 unspecified atom stereocenters. The molecule has 0 aliphatic carbocycles. The van der Waals surface area contributed by atoms with Crippen LogP contribution in [-0.2, 0) is 0 Å². The molecule has 0 aliphatic rings. The Morgan fingerprint density at radius 1 is 0.767 bits per heavy atom. The second kappa shape index (κ2) is 7.08. The summed E-state index contributed by atoms with van der Waals surface area (Å²) in [4.78, 5) is 16.5. The predicted octanol–water partition coefficient (Wildman–Crippen LogP) is 2.06. The van der Waals surface area contributed by atoms with Crippen molar-refractivity contribution < 1.29 is 17.6 Å². The van der Waals surface area contributed by atoms with Crippen molar-refractivity contribution in [3.63, 3.8) is 0 Å². The van der Waals surface area contributed by atoms with Crippen molar-refractivity contribution in [2.24, 2.45) is 0 Å². The summed E-state index contributed by atoms with van der Waals surface area (Å²) in [5.74, 6) is -5.97. The first-order chi connectivity index (χ1) is 14.4. The molecular formula is C18F4N6Se2. The molecule has 0 atom stereocenters. The van der Waals surface area contributed by atoms with Crippen molar-refractivity contribution >= 4 is 70.9 Å². The molecule has 2 aromatic heterocycles. The predicted molar refractivity (Wildman–Crippen MR) is 99.7 cm³/mol. The van der Waals surface area contributed by atoms with Crippen LogP contribution in [0.4, 0.5) is 17.6 Å². The van der Waals surface area contributed by atoms with Gasteiger partial charge in [-0.2, -0.15) is 0 Å². The first-order valence-electron chi connectivity index (χ1n) is 7.53. The summed E-state index contributed by atoms with van der Waals surface area (Å²) in [5.41, 5.74) is -1.56. The average Bonchev–Trinajstić information content (AvgIpc) is 3.37. The fourth-order valence-corrected chi connectivity index (χ4v) is 6.93. The number of halogens is 4. The molecular weight excluding hydrogens is 534 g/mol. The molecule has 0 radical (unpaired) electrons. The van der Waals surface area contributed by atoms with Gasteiger partial charge in [0.25, 0.3) is 0 Å². The molecule has 0 spiro atoms. The van der Waals surface area contributed by atoms with Gasteiger partial charge < -0.3 is 0 Å². The molecule has 2 aromatic carbocycles. The van der Waals surface area contributed by atoms with Crippen LogP contribution in [0.1, 0.15) is 0 Å². The van der Waals surface area contributed by atoms with E-state index in [1.807, 2.05) is 0 Å². The minimum absolute atomic E-state index is 0.108. The van der Waals surface area contributed by atoms with Gasteiger partial charge in [0, 0.05) is 0 Å². The summed E-state index contributed by atoms with van der Waals surface area (Å²) in [6.45, 7) is 21.0. The standard InChI is InChI=1S/C18F4N6Se2/c1-24-5(4-23)17-27-13-11(22)8(19)6-7(14(13)29-17)10(21)15-12(9(6)20)28-18(30-15)16(25-2)26-3/b17-5-. The normalized spacial score (nSPS) is 11.7. The van der Waals surface area contributed by atoms with Gasteiger partial charge in [0.2, 0.25) is 0 Å². The van der Waals surface area contributed by atoms with Gasteiger partial charge in [0.1, 0.15) is 0 Å². The fourth-order valence-electron chi connectivity index (χ4n) is 2.78. The van der Waals surface area contributed by atoms with Gasteiger partial charge in [-0.15, -0.1) is 0 Å². The summed E-state index contributed by atoms with van der Waals surface area (Å²) in [6, 6.07) is 1.60. The third-order valence-corrected chi connectivity index (χ3v) is 8.48. The van der Waals surface area contributed by atoms with Crippen LogP contribution in [0.2, 0.25) is 0 Å². The van der Waals surface area contributed by atoms with Gasteiger partial charge in [0.05, 0.1) is 0 Å². The zero-order chi connectivity index (χ0) is 21.7. The molecule has 0 aliphatic heterocycles. The summed E-state index contributed by atoms with van der Waals surface area (Å²) in [5, 5.41) is 7.55. The topological polar surface area (TPSA) is 62.6 Å². The Hall–Kier alpha value is -3.50. The van der Waals surface area contributed by atoms with Crippen molar-refractivity contribution in [3.05, 3.63) is 66.0 Å². The Morgan fingerprint density at radius 3 is 1.97 bits per heavy atom. The van der Waals surface area contributed by atoms with E-state index in [0.29, 0.717) is 0 Å². The average molecular weight is 534 g/mol. The van der Waals surface area contributed by atoms with Gasteiger partial charge in [-0.25, -0.2) is 0 Å². The van der Waals surface area contributed by atoms with Crippen LogP contribution < -0.4 is 8.45 Å². The molecule has 0 N–H and O–H groups in total. The van der Waals surface area contributed by atoms with Gasteiger partial charge in [-0.05, 0) is 0 Å². The Bertz CT molecular complexity index is 1710. The Balaban J connectivity index is 2.37. The second-order valence-electron chi connectivity index (χ2n) is 5.52. The van der Waals surface area contributed by atoms with Crippen LogP contribution in [0.3, 0.4) is 0 Å². The molecule has 0 saturated carbocycles. The van der Waals surface area contributed by atoms with Gasteiger partial charge in [-0.3, -0.25) is 0 Å². The summed E-state index contributed by atoms with van der Waals surface area (Å²) >= 11 is -2.08. The van der Waals surface area contributed by atoms with E-state index in [1.165, 1.54) is 0 Å². The second-order valence-corrected chi connectivity index (χ2v) is 9.71. The molecule has 6 nitrogen and oxygen atoms in total. The third-order valence-electron chi connectivity index (χ3n) is 4.02. The Labute approximate surface area is 175 Å². The van der Waals surface area contributed by atoms with E-state index in [0.717, 1.165) is 0 Å². The van der Waals surface area contributed by atoms with Crippen LogP contribution in [0.25, 0.3) is 56.4 Å². The number of nitriles is 1. The van der Waals surface area contributed by atoms with E-state index < -0.39 is 85.6 Å². The molecule has 142 valence electrons. The number of hydrogen-bond donors (Lipinski definition) is 0. The number of fused-ring (bicyclic) bond motifs is 4. The molecule has 12 heteroatoms. The van der Waals surface area contributed by atoms with E-state index in [-0.39, 0.29) is 17.0 Å². The SMILES string of the molecule is [C-]#[N+]C([N+]#[C-])=c1nc2c(F)c3c(F)c(F)c4n/c(=C(\C#N)[N+]#[C-])[se]c4c3c(F)c2[se]1. The molecule has 0 amide bonds. The zero-order valence-corrected chi connectivity index (χ0v) is 17.4. The Kier molecular flexibility index (Phi) is 4.67. The van der Waals surface area contributed by atoms with Crippen LogP contribution in [0.15, 0.2) is 0 Å². The summed E-state index contributed by atoms with van der Waals surface area (Å²) < 4.78 is 59.3. The van der Waals surface area contributed by atoms with Gasteiger partial charge in [-0.1, -0.05) is 0 Å². The zero-order valence-electron chi connectivity index (χ0n) is 14.0. The van der Waals surface area contributed by atoms with Gasteiger partial charge >= 0.3 is 176 Å². The molecule has 0 bridgehead atoms. The number of hydrogen-bond acceptors (Lipinski definition) is 3. The maximum absolute atomic E-state index is 15.4. The van der Waals surface area contributed by atoms with E-state index >= 15 is 8.78 Å². The number of rotatable bonds is 0. The number of aromatic nitrogens is 2. The van der Waals surface area contributed by atoms with Crippen molar-refractivity contribution in [2.75, 3.05) is 0 Å². The van der Waals surface area contributed by atoms with Crippen LogP contribution in [-0.4, -0.2) is 39.0 Å². The molecule has 4 aromatic rings. The monoisotopic (exact) mass is 536 g/mol. The molecule has 30 heavy (non-hydrogen) atoms. The first-order valence-corrected chi connectivity index (χ1v) is 11.0. The molecule has 0 saturated heterocycles. The fraction of sp³-hybridized carbons (Fsp3) is 0. The molecule has 2 heterocycles. The van der Waals surface area contributed by atoms with Crippen LogP contribution in [0, 0.1) is 54.3 Å². The number of nitrogens with zero attached hydrogens (tertiary/aromatic N) is 6. The van der Waals surface area contributed by atoms with Gasteiger partial charge in [0.15, 0.2) is 0 Å². The van der Waals surface area contributed by atoms with E-state index in [1.54, 1.807) is 6.07 Å². The van der Waals surface area contributed by atoms with E-state index in [9.17, 15) is 8.78 Å². The van der Waals surface area contributed by atoms with Crippen molar-refractivity contribution in [3.8, 4) is 6.07 Å². The summed E-state index contributed by atoms with van der Waals surface area (Å²) in [7, 11) is 0. The molecule has 0 fully saturated rings. The quantitative estimate of drug-likeness (QED) is 0.197. The van der Waals surface area contributed by atoms with Crippen molar-refractivity contribution in [1.29, 1.82) is 5.26 Å². The first kappa shape index (κ1) is 19.8. The third kappa shape index (κ3) is 2.57. The van der Waals surface area contributed by atoms with Crippen LogP contribution in [0.5, 0.6) is 0 Å². The van der Waals surface area contributed by atoms with Crippen LogP contribution >= 0.6 is 0 Å². The maximum atomic E-state index is 15.4. The van der Waals surface area contributed by atoms with E-state index in [4.69, 9.17) is 25.0 Å². The van der Waals surface area contributed by atoms with Crippen molar-refractivity contribution in [2.45, 2.75) is 0 Å². The minimum atomic E-state index is -1.67. The number of benzene rings is 2. The molecule has 4 rings (SSSR count).